The molecule has 0 fully saturated rings. The van der Waals surface area contributed by atoms with Gasteiger partial charge in [0.05, 0.1) is 0 Å². The number of benzene rings is 1. The lowest BCUT2D eigenvalue weighted by Crippen LogP contribution is -2.21. The highest BCUT2D eigenvalue weighted by Gasteiger charge is 2.09. The van der Waals surface area contributed by atoms with E-state index in [-0.39, 0.29) is 0 Å². The average Bonchev–Trinajstić information content (AvgIpc) is 2.35. The van der Waals surface area contributed by atoms with Crippen molar-refractivity contribution in [2.45, 2.75) is 51.5 Å². The summed E-state index contributed by atoms with van der Waals surface area (Å²) in [5.41, 5.74) is 4.72. The number of nitrogens with one attached hydrogen (secondary N) is 1. The van der Waals surface area contributed by atoms with Crippen LogP contribution in [0.2, 0.25) is 0 Å². The standard InChI is InChI=1S/C15H23N/c1-12(16-2)7-8-13-9-10-14-5-3-4-6-15(14)11-13/h9-12,16H,3-8H2,1-2H3. The average molecular weight is 217 g/mol. The number of fused-ring (bicyclic) bond motifs is 1. The van der Waals surface area contributed by atoms with Crippen LogP contribution < -0.4 is 5.32 Å². The molecule has 16 heavy (non-hydrogen) atoms. The molecule has 2 rings (SSSR count). The Morgan fingerprint density at radius 3 is 2.69 bits per heavy atom. The molecule has 1 N–H and O–H groups in total. The van der Waals surface area contributed by atoms with Crippen molar-refractivity contribution in [3.8, 4) is 0 Å². The van der Waals surface area contributed by atoms with Crippen LogP contribution >= 0.6 is 0 Å². The van der Waals surface area contributed by atoms with Crippen LogP contribution in [0.25, 0.3) is 0 Å². The fraction of sp³-hybridized carbons (Fsp3) is 0.600. The molecule has 0 bridgehead atoms. The van der Waals surface area contributed by atoms with Gasteiger partial charge in [0.25, 0.3) is 0 Å². The summed E-state index contributed by atoms with van der Waals surface area (Å²) in [6.45, 7) is 2.25. The second kappa shape index (κ2) is 5.49. The Morgan fingerprint density at radius 1 is 1.19 bits per heavy atom. The van der Waals surface area contributed by atoms with E-state index in [0.717, 1.165) is 0 Å². The largest absolute Gasteiger partial charge is 0.317 e. The maximum absolute atomic E-state index is 3.30. The molecule has 1 aromatic rings. The van der Waals surface area contributed by atoms with Crippen molar-refractivity contribution in [3.63, 3.8) is 0 Å². The van der Waals surface area contributed by atoms with Crippen LogP contribution in [0, 0.1) is 0 Å². The summed E-state index contributed by atoms with van der Waals surface area (Å²) >= 11 is 0. The first kappa shape index (κ1) is 11.7. The fourth-order valence-electron chi connectivity index (χ4n) is 2.47. The van der Waals surface area contributed by atoms with Gasteiger partial charge in [0.2, 0.25) is 0 Å². The zero-order chi connectivity index (χ0) is 11.4. The molecule has 1 nitrogen and oxygen atoms in total. The first-order valence-electron chi connectivity index (χ1n) is 6.57. The molecule has 1 aliphatic carbocycles. The van der Waals surface area contributed by atoms with Crippen LogP contribution in [0.5, 0.6) is 0 Å². The van der Waals surface area contributed by atoms with Gasteiger partial charge in [-0.05, 0) is 69.2 Å². The summed E-state index contributed by atoms with van der Waals surface area (Å²) in [6, 6.07) is 7.74. The second-order valence-electron chi connectivity index (χ2n) is 5.04. The van der Waals surface area contributed by atoms with E-state index < -0.39 is 0 Å². The normalized spacial score (nSPS) is 16.9. The quantitative estimate of drug-likeness (QED) is 0.817. The molecule has 1 aliphatic rings. The van der Waals surface area contributed by atoms with Crippen LogP contribution in [0.3, 0.4) is 0 Å². The van der Waals surface area contributed by atoms with E-state index in [1.807, 2.05) is 7.05 Å². The summed E-state index contributed by atoms with van der Waals surface area (Å²) < 4.78 is 0. The first-order valence-corrected chi connectivity index (χ1v) is 6.57. The third-order valence-corrected chi connectivity index (χ3v) is 3.77. The Balaban J connectivity index is 2.00. The zero-order valence-corrected chi connectivity index (χ0v) is 10.6. The molecule has 0 saturated carbocycles. The molecule has 1 atom stereocenters. The Labute approximate surface area is 99.3 Å². The molecule has 0 aliphatic heterocycles. The molecule has 0 amide bonds. The number of hydrogen-bond donors (Lipinski definition) is 1. The van der Waals surface area contributed by atoms with Gasteiger partial charge >= 0.3 is 0 Å². The van der Waals surface area contributed by atoms with Gasteiger partial charge in [-0.1, -0.05) is 18.2 Å². The van der Waals surface area contributed by atoms with Crippen molar-refractivity contribution in [2.24, 2.45) is 0 Å². The Morgan fingerprint density at radius 2 is 1.94 bits per heavy atom. The van der Waals surface area contributed by atoms with Crippen LogP contribution in [0.15, 0.2) is 18.2 Å². The summed E-state index contributed by atoms with van der Waals surface area (Å²) in [5, 5.41) is 3.30. The monoisotopic (exact) mass is 217 g/mol. The summed E-state index contributed by atoms with van der Waals surface area (Å²) in [6.07, 6.45) is 7.78. The van der Waals surface area contributed by atoms with Gasteiger partial charge in [-0.15, -0.1) is 0 Å². The maximum atomic E-state index is 3.30. The first-order chi connectivity index (χ1) is 7.79. The highest BCUT2D eigenvalue weighted by Crippen LogP contribution is 2.22. The Bertz CT molecular complexity index is 343. The minimum Gasteiger partial charge on any atom is -0.317 e. The predicted molar refractivity (Wildman–Crippen MR) is 69.9 cm³/mol. The van der Waals surface area contributed by atoms with E-state index >= 15 is 0 Å². The third kappa shape index (κ3) is 2.85. The van der Waals surface area contributed by atoms with E-state index in [1.165, 1.54) is 44.1 Å². The molecule has 1 unspecified atom stereocenters. The van der Waals surface area contributed by atoms with Crippen LogP contribution in [0.4, 0.5) is 0 Å². The molecule has 0 heterocycles. The van der Waals surface area contributed by atoms with Crippen LogP contribution in [-0.2, 0) is 19.3 Å². The molecule has 1 aromatic carbocycles. The van der Waals surface area contributed by atoms with Crippen molar-refractivity contribution in [1.29, 1.82) is 0 Å². The molecule has 1 heteroatoms. The van der Waals surface area contributed by atoms with E-state index in [2.05, 4.69) is 30.4 Å². The predicted octanol–water partition coefficient (Wildman–Crippen LogP) is 3.11. The van der Waals surface area contributed by atoms with Gasteiger partial charge < -0.3 is 5.32 Å². The van der Waals surface area contributed by atoms with E-state index in [0.29, 0.717) is 6.04 Å². The molecular weight excluding hydrogens is 194 g/mol. The molecule has 0 spiro atoms. The smallest absolute Gasteiger partial charge is 0.00388 e. The lowest BCUT2D eigenvalue weighted by Gasteiger charge is -2.17. The van der Waals surface area contributed by atoms with Gasteiger partial charge in [0.15, 0.2) is 0 Å². The Hall–Kier alpha value is -0.820. The van der Waals surface area contributed by atoms with Gasteiger partial charge in [0.1, 0.15) is 0 Å². The zero-order valence-electron chi connectivity index (χ0n) is 10.6. The fourth-order valence-corrected chi connectivity index (χ4v) is 2.47. The number of aryl methyl sites for hydroxylation is 3. The molecular formula is C15H23N. The van der Waals surface area contributed by atoms with Crippen molar-refractivity contribution in [3.05, 3.63) is 34.9 Å². The molecule has 0 radical (unpaired) electrons. The number of rotatable bonds is 4. The van der Waals surface area contributed by atoms with Crippen molar-refractivity contribution < 1.29 is 0 Å². The summed E-state index contributed by atoms with van der Waals surface area (Å²) in [4.78, 5) is 0. The van der Waals surface area contributed by atoms with Crippen molar-refractivity contribution in [1.82, 2.24) is 5.32 Å². The van der Waals surface area contributed by atoms with Crippen LogP contribution in [-0.4, -0.2) is 13.1 Å². The van der Waals surface area contributed by atoms with Gasteiger partial charge in [0, 0.05) is 6.04 Å². The minimum absolute atomic E-state index is 0.621. The lowest BCUT2D eigenvalue weighted by molar-refractivity contribution is 0.564. The van der Waals surface area contributed by atoms with Crippen molar-refractivity contribution >= 4 is 0 Å². The van der Waals surface area contributed by atoms with Gasteiger partial charge in [-0.2, -0.15) is 0 Å². The van der Waals surface area contributed by atoms with Crippen molar-refractivity contribution in [2.75, 3.05) is 7.05 Å². The maximum Gasteiger partial charge on any atom is 0.00388 e. The Kier molecular flexibility index (Phi) is 4.00. The van der Waals surface area contributed by atoms with Gasteiger partial charge in [-0.3, -0.25) is 0 Å². The lowest BCUT2D eigenvalue weighted by atomic mass is 9.89. The van der Waals surface area contributed by atoms with E-state index in [4.69, 9.17) is 0 Å². The second-order valence-corrected chi connectivity index (χ2v) is 5.04. The van der Waals surface area contributed by atoms with E-state index in [1.54, 1.807) is 11.1 Å². The third-order valence-electron chi connectivity index (χ3n) is 3.77. The highest BCUT2D eigenvalue weighted by atomic mass is 14.8. The van der Waals surface area contributed by atoms with Gasteiger partial charge in [-0.25, -0.2) is 0 Å². The summed E-state index contributed by atoms with van der Waals surface area (Å²) in [7, 11) is 2.04. The molecule has 0 saturated heterocycles. The SMILES string of the molecule is CNC(C)CCc1ccc2c(c1)CCCC2. The summed E-state index contributed by atoms with van der Waals surface area (Å²) in [5.74, 6) is 0. The van der Waals surface area contributed by atoms with E-state index in [9.17, 15) is 0 Å². The molecule has 88 valence electrons. The van der Waals surface area contributed by atoms with Crippen LogP contribution in [0.1, 0.15) is 42.9 Å². The topological polar surface area (TPSA) is 12.0 Å². The molecule has 0 aromatic heterocycles. The number of hydrogen-bond acceptors (Lipinski definition) is 1. The highest BCUT2D eigenvalue weighted by molar-refractivity contribution is 5.33. The minimum atomic E-state index is 0.621.